The fraction of sp³-hybridized carbons (Fsp3) is 0.0667. The summed E-state index contributed by atoms with van der Waals surface area (Å²) in [6.45, 7) is 0.270. The lowest BCUT2D eigenvalue weighted by Crippen LogP contribution is -2.28. The molecule has 0 bridgehead atoms. The van der Waals surface area contributed by atoms with Gasteiger partial charge in [0.15, 0.2) is 0 Å². The van der Waals surface area contributed by atoms with Crippen LogP contribution in [0.2, 0.25) is 5.02 Å². The van der Waals surface area contributed by atoms with E-state index in [1.165, 1.54) is 24.3 Å². The number of hydrogen-bond donors (Lipinski definition) is 2. The lowest BCUT2D eigenvalue weighted by molar-refractivity contribution is 0.251. The zero-order chi connectivity index (χ0) is 15.5. The minimum Gasteiger partial charge on any atom is -0.332 e. The summed E-state index contributed by atoms with van der Waals surface area (Å²) in [5.41, 5.74) is 1.97. The van der Waals surface area contributed by atoms with E-state index in [9.17, 15) is 9.18 Å². The number of urea groups is 1. The van der Waals surface area contributed by atoms with Gasteiger partial charge in [0, 0.05) is 18.1 Å². The lowest BCUT2D eigenvalue weighted by atomic mass is 10.3. The first kappa shape index (κ1) is 14.3. The normalized spacial score (nSPS) is 10.6. The van der Waals surface area contributed by atoms with Crippen LogP contribution in [0.5, 0.6) is 0 Å². The Bertz CT molecular complexity index is 816. The summed E-state index contributed by atoms with van der Waals surface area (Å²) in [5, 5.41) is 5.90. The van der Waals surface area contributed by atoms with Crippen LogP contribution < -0.4 is 10.6 Å². The molecule has 112 valence electrons. The van der Waals surface area contributed by atoms with Crippen molar-refractivity contribution in [3.05, 3.63) is 65.3 Å². The number of hydrogen-bond acceptors (Lipinski definition) is 2. The van der Waals surface area contributed by atoms with E-state index in [1.54, 1.807) is 28.9 Å². The molecule has 0 unspecified atom stereocenters. The summed E-state index contributed by atoms with van der Waals surface area (Å²) < 4.78 is 14.6. The Morgan fingerprint density at radius 2 is 1.95 bits per heavy atom. The molecule has 0 fully saturated rings. The van der Waals surface area contributed by atoms with E-state index in [1.807, 2.05) is 0 Å². The topological polar surface area (TPSA) is 58.4 Å². The van der Waals surface area contributed by atoms with Gasteiger partial charge in [-0.2, -0.15) is 0 Å². The van der Waals surface area contributed by atoms with Gasteiger partial charge in [0.25, 0.3) is 0 Å². The zero-order valence-electron chi connectivity index (χ0n) is 11.4. The molecular formula is C15H12ClFN4O. The maximum atomic E-state index is 12.8. The first-order valence-electron chi connectivity index (χ1n) is 6.54. The van der Waals surface area contributed by atoms with Crippen molar-refractivity contribution in [2.45, 2.75) is 6.54 Å². The summed E-state index contributed by atoms with van der Waals surface area (Å²) in [7, 11) is 0. The SMILES string of the molecule is O=C(NCc1cn2cc(Cl)ccc2n1)Nc1ccc(F)cc1. The minimum atomic E-state index is -0.387. The molecule has 2 amide bonds. The molecule has 0 atom stereocenters. The highest BCUT2D eigenvalue weighted by Crippen LogP contribution is 2.12. The van der Waals surface area contributed by atoms with Crippen LogP contribution in [0, 0.1) is 5.82 Å². The highest BCUT2D eigenvalue weighted by atomic mass is 35.5. The van der Waals surface area contributed by atoms with Gasteiger partial charge in [0.1, 0.15) is 11.5 Å². The molecule has 0 saturated carbocycles. The Hall–Kier alpha value is -2.60. The molecule has 2 N–H and O–H groups in total. The second-order valence-corrected chi connectivity index (χ2v) is 5.10. The summed E-state index contributed by atoms with van der Waals surface area (Å²) in [6, 6.07) is 8.70. The quantitative estimate of drug-likeness (QED) is 0.777. The molecule has 22 heavy (non-hydrogen) atoms. The Balaban J connectivity index is 1.61. The van der Waals surface area contributed by atoms with E-state index >= 15 is 0 Å². The molecule has 5 nitrogen and oxygen atoms in total. The van der Waals surface area contributed by atoms with E-state index in [4.69, 9.17) is 11.6 Å². The second kappa shape index (κ2) is 6.03. The van der Waals surface area contributed by atoms with Crippen LogP contribution in [0.4, 0.5) is 14.9 Å². The maximum absolute atomic E-state index is 12.8. The van der Waals surface area contributed by atoms with Crippen LogP contribution in [0.15, 0.2) is 48.8 Å². The Kier molecular flexibility index (Phi) is 3.93. The predicted octanol–water partition coefficient (Wildman–Crippen LogP) is 3.45. The predicted molar refractivity (Wildman–Crippen MR) is 82.5 cm³/mol. The van der Waals surface area contributed by atoms with Gasteiger partial charge < -0.3 is 15.0 Å². The molecule has 0 saturated heterocycles. The average molecular weight is 319 g/mol. The number of aromatic nitrogens is 2. The summed E-state index contributed by atoms with van der Waals surface area (Å²) in [4.78, 5) is 16.1. The third-order valence-corrected chi connectivity index (χ3v) is 3.22. The molecule has 0 aliphatic heterocycles. The van der Waals surface area contributed by atoms with E-state index < -0.39 is 0 Å². The van der Waals surface area contributed by atoms with Crippen LogP contribution in [0.3, 0.4) is 0 Å². The number of rotatable bonds is 3. The summed E-state index contributed by atoms with van der Waals surface area (Å²) in [6.07, 6.45) is 3.53. The van der Waals surface area contributed by atoms with Crippen molar-refractivity contribution in [2.75, 3.05) is 5.32 Å². The number of nitrogens with one attached hydrogen (secondary N) is 2. The van der Waals surface area contributed by atoms with Gasteiger partial charge in [0.2, 0.25) is 0 Å². The van der Waals surface area contributed by atoms with Crippen molar-refractivity contribution in [3.8, 4) is 0 Å². The van der Waals surface area contributed by atoms with Crippen molar-refractivity contribution in [3.63, 3.8) is 0 Å². The Morgan fingerprint density at radius 1 is 1.18 bits per heavy atom. The highest BCUT2D eigenvalue weighted by Gasteiger charge is 2.05. The number of carbonyl (C=O) groups excluding carboxylic acids is 1. The minimum absolute atomic E-state index is 0.270. The number of halogens is 2. The first-order chi connectivity index (χ1) is 10.6. The molecule has 3 aromatic rings. The van der Waals surface area contributed by atoms with Gasteiger partial charge in [-0.05, 0) is 36.4 Å². The van der Waals surface area contributed by atoms with Crippen molar-refractivity contribution in [1.29, 1.82) is 0 Å². The molecule has 2 heterocycles. The number of imidazole rings is 1. The van der Waals surface area contributed by atoms with E-state index in [0.29, 0.717) is 16.4 Å². The Morgan fingerprint density at radius 3 is 2.73 bits per heavy atom. The number of nitrogens with zero attached hydrogens (tertiary/aromatic N) is 2. The molecule has 0 aliphatic rings. The molecule has 7 heteroatoms. The number of pyridine rings is 1. The van der Waals surface area contributed by atoms with E-state index in [0.717, 1.165) is 5.65 Å². The molecule has 0 aliphatic carbocycles. The molecule has 2 aromatic heterocycles. The molecule has 0 radical (unpaired) electrons. The molecule has 0 spiro atoms. The highest BCUT2D eigenvalue weighted by molar-refractivity contribution is 6.30. The Labute approximate surface area is 130 Å². The zero-order valence-corrected chi connectivity index (χ0v) is 12.1. The van der Waals surface area contributed by atoms with Gasteiger partial charge >= 0.3 is 6.03 Å². The largest absolute Gasteiger partial charge is 0.332 e. The maximum Gasteiger partial charge on any atom is 0.319 e. The number of amides is 2. The van der Waals surface area contributed by atoms with Crippen LogP contribution in [0.1, 0.15) is 5.69 Å². The van der Waals surface area contributed by atoms with Crippen molar-refractivity contribution in [1.82, 2.24) is 14.7 Å². The third kappa shape index (κ3) is 3.35. The fourth-order valence-electron chi connectivity index (χ4n) is 1.98. The van der Waals surface area contributed by atoms with Gasteiger partial charge in [-0.3, -0.25) is 0 Å². The smallest absolute Gasteiger partial charge is 0.319 e. The fourth-order valence-corrected chi connectivity index (χ4v) is 2.15. The average Bonchev–Trinajstić information content (AvgIpc) is 2.89. The summed E-state index contributed by atoms with van der Waals surface area (Å²) in [5.74, 6) is -0.352. The van der Waals surface area contributed by atoms with Gasteiger partial charge in [0.05, 0.1) is 17.3 Å². The standard InChI is InChI=1S/C15H12ClFN4O/c16-10-1-6-14-19-13(9-21(14)8-10)7-18-15(22)20-12-4-2-11(17)3-5-12/h1-6,8-9H,7H2,(H2,18,20,22). The van der Waals surface area contributed by atoms with Gasteiger partial charge in [-0.15, -0.1) is 0 Å². The molecule has 3 rings (SSSR count). The second-order valence-electron chi connectivity index (χ2n) is 4.66. The van der Waals surface area contributed by atoms with Crippen LogP contribution in [-0.2, 0) is 6.54 Å². The summed E-state index contributed by atoms with van der Waals surface area (Å²) >= 11 is 5.90. The van der Waals surface area contributed by atoms with Crippen LogP contribution >= 0.6 is 11.6 Å². The van der Waals surface area contributed by atoms with E-state index in [-0.39, 0.29) is 18.4 Å². The number of anilines is 1. The molecule has 1 aromatic carbocycles. The van der Waals surface area contributed by atoms with Crippen molar-refractivity contribution in [2.24, 2.45) is 0 Å². The van der Waals surface area contributed by atoms with Crippen LogP contribution in [0.25, 0.3) is 5.65 Å². The number of fused-ring (bicyclic) bond motifs is 1. The van der Waals surface area contributed by atoms with Crippen molar-refractivity contribution >= 4 is 29.0 Å². The number of carbonyl (C=O) groups is 1. The third-order valence-electron chi connectivity index (χ3n) is 3.00. The molecular weight excluding hydrogens is 307 g/mol. The first-order valence-corrected chi connectivity index (χ1v) is 6.91. The van der Waals surface area contributed by atoms with E-state index in [2.05, 4.69) is 15.6 Å². The number of benzene rings is 1. The van der Waals surface area contributed by atoms with Crippen molar-refractivity contribution < 1.29 is 9.18 Å². The van der Waals surface area contributed by atoms with Crippen LogP contribution in [-0.4, -0.2) is 15.4 Å². The van der Waals surface area contributed by atoms with Gasteiger partial charge in [-0.25, -0.2) is 14.2 Å². The van der Waals surface area contributed by atoms with Gasteiger partial charge in [-0.1, -0.05) is 11.6 Å². The lowest BCUT2D eigenvalue weighted by Gasteiger charge is -2.06. The monoisotopic (exact) mass is 318 g/mol.